The summed E-state index contributed by atoms with van der Waals surface area (Å²) in [6.45, 7) is 7.04. The molecule has 4 aromatic rings. The van der Waals surface area contributed by atoms with Crippen LogP contribution in [-0.2, 0) is 6.42 Å². The van der Waals surface area contributed by atoms with E-state index in [2.05, 4.69) is 84.3 Å². The summed E-state index contributed by atoms with van der Waals surface area (Å²) in [5.41, 5.74) is 7.64. The van der Waals surface area contributed by atoms with Gasteiger partial charge in [0.05, 0.1) is 16.9 Å². The van der Waals surface area contributed by atoms with Gasteiger partial charge in [-0.2, -0.15) is 0 Å². The fourth-order valence-corrected chi connectivity index (χ4v) is 3.62. The molecule has 0 spiro atoms. The molecule has 1 aromatic heterocycles. The highest BCUT2D eigenvalue weighted by atomic mass is 15.4. The summed E-state index contributed by atoms with van der Waals surface area (Å²) in [5.74, 6) is 0. The van der Waals surface area contributed by atoms with Crippen LogP contribution in [0.3, 0.4) is 0 Å². The number of likely N-dealkylation sites (N-methyl/N-ethyl adjacent to an activating group) is 1. The number of hydrogen-bond acceptors (Lipinski definition) is 3. The quantitative estimate of drug-likeness (QED) is 0.477. The van der Waals surface area contributed by atoms with E-state index in [9.17, 15) is 0 Å². The van der Waals surface area contributed by atoms with Gasteiger partial charge in [-0.1, -0.05) is 60.3 Å². The van der Waals surface area contributed by atoms with E-state index >= 15 is 0 Å². The van der Waals surface area contributed by atoms with Crippen LogP contribution >= 0.6 is 0 Å². The van der Waals surface area contributed by atoms with E-state index in [0.29, 0.717) is 0 Å². The molecule has 0 fully saturated rings. The number of benzene rings is 3. The Hall–Kier alpha value is -3.40. The van der Waals surface area contributed by atoms with E-state index in [1.54, 1.807) is 0 Å². The molecule has 140 valence electrons. The Balaban J connectivity index is 1.78. The Morgan fingerprint density at radius 3 is 2.57 bits per heavy atom. The van der Waals surface area contributed by atoms with Crippen LogP contribution in [0.1, 0.15) is 16.7 Å². The first-order chi connectivity index (χ1) is 13.7. The second-order valence-corrected chi connectivity index (χ2v) is 7.07. The van der Waals surface area contributed by atoms with Gasteiger partial charge in [0.15, 0.2) is 0 Å². The zero-order valence-electron chi connectivity index (χ0n) is 16.3. The van der Waals surface area contributed by atoms with Gasteiger partial charge in [0.1, 0.15) is 5.52 Å². The van der Waals surface area contributed by atoms with Gasteiger partial charge in [0, 0.05) is 13.6 Å². The van der Waals surface area contributed by atoms with Crippen molar-refractivity contribution in [3.05, 3.63) is 90.0 Å². The van der Waals surface area contributed by atoms with Gasteiger partial charge in [-0.05, 0) is 54.3 Å². The second-order valence-electron chi connectivity index (χ2n) is 7.07. The van der Waals surface area contributed by atoms with Crippen molar-refractivity contribution in [3.63, 3.8) is 0 Å². The fourth-order valence-electron chi connectivity index (χ4n) is 3.62. The molecule has 0 aliphatic rings. The summed E-state index contributed by atoms with van der Waals surface area (Å²) in [6.07, 6.45) is 2.89. The van der Waals surface area contributed by atoms with Crippen molar-refractivity contribution in [3.8, 4) is 5.69 Å². The lowest BCUT2D eigenvalue weighted by Gasteiger charge is -2.25. The fraction of sp³-hybridized carbons (Fsp3) is 0.167. The zero-order chi connectivity index (χ0) is 19.5. The Morgan fingerprint density at radius 1 is 1.04 bits per heavy atom. The summed E-state index contributed by atoms with van der Waals surface area (Å²) in [5, 5.41) is 8.79. The first kappa shape index (κ1) is 18.0. The van der Waals surface area contributed by atoms with Gasteiger partial charge in [-0.15, -0.1) is 5.10 Å². The van der Waals surface area contributed by atoms with Gasteiger partial charge < -0.3 is 4.90 Å². The van der Waals surface area contributed by atoms with Crippen molar-refractivity contribution < 1.29 is 0 Å². The summed E-state index contributed by atoms with van der Waals surface area (Å²) in [7, 11) is 2.13. The third-order valence-corrected chi connectivity index (χ3v) is 5.02. The minimum atomic E-state index is 0.891. The topological polar surface area (TPSA) is 34.0 Å². The van der Waals surface area contributed by atoms with Crippen LogP contribution in [0.25, 0.3) is 22.8 Å². The zero-order valence-corrected chi connectivity index (χ0v) is 16.3. The molecular weight excluding hydrogens is 344 g/mol. The van der Waals surface area contributed by atoms with E-state index < -0.39 is 0 Å². The van der Waals surface area contributed by atoms with E-state index in [0.717, 1.165) is 40.9 Å². The minimum absolute atomic E-state index is 0.891. The van der Waals surface area contributed by atoms with Crippen molar-refractivity contribution in [2.24, 2.45) is 0 Å². The molecule has 28 heavy (non-hydrogen) atoms. The molecule has 0 aliphatic heterocycles. The summed E-state index contributed by atoms with van der Waals surface area (Å²) >= 11 is 0. The molecule has 0 radical (unpaired) electrons. The highest BCUT2D eigenvalue weighted by molar-refractivity contribution is 5.82. The van der Waals surface area contributed by atoms with Crippen molar-refractivity contribution >= 4 is 22.8 Å². The van der Waals surface area contributed by atoms with Crippen LogP contribution < -0.4 is 4.90 Å². The smallest absolute Gasteiger partial charge is 0.113 e. The molecule has 0 unspecified atom stereocenters. The molecule has 0 saturated heterocycles. The molecule has 0 N–H and O–H groups in total. The Kier molecular flexibility index (Phi) is 4.94. The van der Waals surface area contributed by atoms with Crippen molar-refractivity contribution in [1.29, 1.82) is 0 Å². The summed E-state index contributed by atoms with van der Waals surface area (Å²) in [6, 6.07) is 23.0. The number of rotatable bonds is 6. The molecule has 1 heterocycles. The van der Waals surface area contributed by atoms with Crippen molar-refractivity contribution in [2.75, 3.05) is 18.5 Å². The monoisotopic (exact) mass is 368 g/mol. The predicted octanol–water partition coefficient (Wildman–Crippen LogP) is 5.05. The molecule has 0 aliphatic carbocycles. The van der Waals surface area contributed by atoms with E-state index in [1.165, 1.54) is 11.1 Å². The lowest BCUT2D eigenvalue weighted by molar-refractivity contribution is 0.807. The maximum Gasteiger partial charge on any atom is 0.113 e. The van der Waals surface area contributed by atoms with Gasteiger partial charge >= 0.3 is 0 Å². The normalized spacial score (nSPS) is 10.9. The largest absolute Gasteiger partial charge is 0.372 e. The first-order valence-electron chi connectivity index (χ1n) is 9.50. The highest BCUT2D eigenvalue weighted by Crippen LogP contribution is 2.32. The summed E-state index contributed by atoms with van der Waals surface area (Å²) < 4.78 is 1.93. The lowest BCUT2D eigenvalue weighted by atomic mass is 10.0. The Morgan fingerprint density at radius 2 is 1.79 bits per heavy atom. The second kappa shape index (κ2) is 7.69. The maximum absolute atomic E-state index is 4.45. The molecule has 0 amide bonds. The van der Waals surface area contributed by atoms with Crippen LogP contribution in [0.2, 0.25) is 0 Å². The van der Waals surface area contributed by atoms with Crippen LogP contribution in [-0.4, -0.2) is 28.6 Å². The van der Waals surface area contributed by atoms with Gasteiger partial charge in [-0.25, -0.2) is 4.68 Å². The average molecular weight is 368 g/mol. The third-order valence-electron chi connectivity index (χ3n) is 5.02. The van der Waals surface area contributed by atoms with Crippen molar-refractivity contribution in [2.45, 2.75) is 13.3 Å². The molecule has 3 aromatic carbocycles. The minimum Gasteiger partial charge on any atom is -0.372 e. The predicted molar refractivity (Wildman–Crippen MR) is 117 cm³/mol. The summed E-state index contributed by atoms with van der Waals surface area (Å²) in [4.78, 5) is 2.29. The van der Waals surface area contributed by atoms with Crippen LogP contribution in [0.5, 0.6) is 0 Å². The van der Waals surface area contributed by atoms with E-state index in [1.807, 2.05) is 29.0 Å². The maximum atomic E-state index is 4.45. The molecule has 4 heteroatoms. The first-order valence-corrected chi connectivity index (χ1v) is 9.50. The number of anilines is 1. The SMILES string of the molecule is C=Cc1cc(C)cc(-n2nnc3ccccc32)c1N(C)CCc1ccccc1. The number of para-hydroxylation sites is 1. The van der Waals surface area contributed by atoms with E-state index in [4.69, 9.17) is 0 Å². The van der Waals surface area contributed by atoms with Crippen LogP contribution in [0.4, 0.5) is 5.69 Å². The highest BCUT2D eigenvalue weighted by Gasteiger charge is 2.17. The molecule has 0 atom stereocenters. The van der Waals surface area contributed by atoms with Crippen LogP contribution in [0, 0.1) is 6.92 Å². The number of nitrogens with zero attached hydrogens (tertiary/aromatic N) is 4. The number of aryl methyl sites for hydroxylation is 1. The molecule has 0 bridgehead atoms. The Labute approximate surface area is 165 Å². The molecule has 4 rings (SSSR count). The number of hydrogen-bond donors (Lipinski definition) is 0. The van der Waals surface area contributed by atoms with Gasteiger partial charge in [-0.3, -0.25) is 0 Å². The van der Waals surface area contributed by atoms with E-state index in [-0.39, 0.29) is 0 Å². The number of fused-ring (bicyclic) bond motifs is 1. The van der Waals surface area contributed by atoms with Gasteiger partial charge in [0.2, 0.25) is 0 Å². The van der Waals surface area contributed by atoms with Crippen LogP contribution in [0.15, 0.2) is 73.3 Å². The van der Waals surface area contributed by atoms with Gasteiger partial charge in [0.25, 0.3) is 0 Å². The standard InChI is InChI=1S/C24H24N4/c1-4-20-16-18(2)17-23(28-22-13-9-8-12-21(22)25-26-28)24(20)27(3)15-14-19-10-6-5-7-11-19/h4-13,16-17H,1,14-15H2,2-3H3. The number of aromatic nitrogens is 3. The molecule has 4 nitrogen and oxygen atoms in total. The lowest BCUT2D eigenvalue weighted by Crippen LogP contribution is -2.23. The Bertz CT molecular complexity index is 1110. The van der Waals surface area contributed by atoms with Crippen molar-refractivity contribution in [1.82, 2.24) is 15.0 Å². The molecule has 0 saturated carbocycles. The molecular formula is C24H24N4. The average Bonchev–Trinajstić information content (AvgIpc) is 3.16. The third kappa shape index (κ3) is 3.41.